The van der Waals surface area contributed by atoms with E-state index >= 15 is 0 Å². The number of carbonyl (C=O) groups is 1. The number of para-hydroxylation sites is 1. The first-order valence-electron chi connectivity index (χ1n) is 11.1. The fraction of sp³-hybridized carbons (Fsp3) is 0.160. The maximum absolute atomic E-state index is 12.9. The van der Waals surface area contributed by atoms with Crippen molar-refractivity contribution in [2.45, 2.75) is 11.3 Å². The predicted octanol–water partition coefficient (Wildman–Crippen LogP) is 3.51. The van der Waals surface area contributed by atoms with E-state index in [0.717, 1.165) is 5.56 Å². The molecule has 1 aliphatic rings. The SMILES string of the molecule is CN(c1ccccc1)S(=O)(=O)c1ccc(C(=O)Nc2nnc(Cc3ccc4c(c3)OCCO4)o2)cc1. The molecule has 36 heavy (non-hydrogen) atoms. The molecule has 1 N–H and O–H groups in total. The highest BCUT2D eigenvalue weighted by atomic mass is 32.2. The molecule has 2 heterocycles. The second kappa shape index (κ2) is 9.70. The van der Waals surface area contributed by atoms with Gasteiger partial charge in [-0.2, -0.15) is 0 Å². The highest BCUT2D eigenvalue weighted by Gasteiger charge is 2.22. The first kappa shape index (κ1) is 23.4. The third kappa shape index (κ3) is 4.86. The molecule has 0 unspecified atom stereocenters. The second-order valence-electron chi connectivity index (χ2n) is 7.94. The van der Waals surface area contributed by atoms with Crippen molar-refractivity contribution in [3.05, 3.63) is 89.8 Å². The van der Waals surface area contributed by atoms with Crippen LogP contribution < -0.4 is 19.1 Å². The van der Waals surface area contributed by atoms with Crippen LogP contribution in [-0.4, -0.2) is 44.8 Å². The van der Waals surface area contributed by atoms with Crippen molar-refractivity contribution in [2.24, 2.45) is 0 Å². The standard InChI is InChI=1S/C25H22N4O6S/c1-29(19-5-3-2-4-6-19)36(31,32)20-10-8-18(9-11-20)24(30)26-25-28-27-23(35-25)16-17-7-12-21-22(15-17)34-14-13-33-21/h2-12,15H,13-14,16H2,1H3,(H,26,28,30). The maximum atomic E-state index is 12.9. The summed E-state index contributed by atoms with van der Waals surface area (Å²) in [5, 5.41) is 10.4. The highest BCUT2D eigenvalue weighted by molar-refractivity contribution is 7.92. The topological polar surface area (TPSA) is 124 Å². The summed E-state index contributed by atoms with van der Waals surface area (Å²) in [6.07, 6.45) is 0.348. The van der Waals surface area contributed by atoms with Gasteiger partial charge in [-0.15, -0.1) is 5.10 Å². The quantitative estimate of drug-likeness (QED) is 0.404. The molecule has 5 rings (SSSR count). The summed E-state index contributed by atoms with van der Waals surface area (Å²) < 4.78 is 43.7. The zero-order chi connectivity index (χ0) is 25.1. The van der Waals surface area contributed by atoms with Gasteiger partial charge < -0.3 is 13.9 Å². The lowest BCUT2D eigenvalue weighted by Gasteiger charge is -2.19. The summed E-state index contributed by atoms with van der Waals surface area (Å²) in [6.45, 7) is 1.01. The fourth-order valence-corrected chi connectivity index (χ4v) is 4.83. The van der Waals surface area contributed by atoms with Gasteiger partial charge in [-0.25, -0.2) is 8.42 Å². The van der Waals surface area contributed by atoms with Crippen LogP contribution in [0.15, 0.2) is 82.1 Å². The lowest BCUT2D eigenvalue weighted by Crippen LogP contribution is -2.26. The lowest BCUT2D eigenvalue weighted by atomic mass is 10.1. The Hall–Kier alpha value is -4.38. The maximum Gasteiger partial charge on any atom is 0.322 e. The molecule has 0 saturated carbocycles. The van der Waals surface area contributed by atoms with Crippen LogP contribution in [-0.2, 0) is 16.4 Å². The molecular formula is C25H22N4O6S. The predicted molar refractivity (Wildman–Crippen MR) is 131 cm³/mol. The normalized spacial score (nSPS) is 12.7. The van der Waals surface area contributed by atoms with E-state index in [-0.39, 0.29) is 16.5 Å². The Balaban J connectivity index is 1.23. The van der Waals surface area contributed by atoms with Crippen molar-refractivity contribution in [1.82, 2.24) is 10.2 Å². The number of sulfonamides is 1. The van der Waals surface area contributed by atoms with E-state index in [0.29, 0.717) is 42.7 Å². The molecule has 0 bridgehead atoms. The number of fused-ring (bicyclic) bond motifs is 1. The van der Waals surface area contributed by atoms with Gasteiger partial charge in [-0.1, -0.05) is 29.4 Å². The van der Waals surface area contributed by atoms with E-state index in [9.17, 15) is 13.2 Å². The van der Waals surface area contributed by atoms with Gasteiger partial charge in [0.25, 0.3) is 15.9 Å². The van der Waals surface area contributed by atoms with Crippen LogP contribution >= 0.6 is 0 Å². The van der Waals surface area contributed by atoms with Crippen molar-refractivity contribution < 1.29 is 27.1 Å². The number of nitrogens with one attached hydrogen (secondary N) is 1. The molecule has 0 saturated heterocycles. The molecule has 0 aliphatic carbocycles. The summed E-state index contributed by atoms with van der Waals surface area (Å²) in [6, 6.07) is 19.8. The number of benzene rings is 3. The van der Waals surface area contributed by atoms with Crippen LogP contribution in [0.4, 0.5) is 11.7 Å². The number of rotatable bonds is 7. The van der Waals surface area contributed by atoms with Crippen molar-refractivity contribution in [3.8, 4) is 11.5 Å². The summed E-state index contributed by atoms with van der Waals surface area (Å²) in [5.41, 5.74) is 1.66. The summed E-state index contributed by atoms with van der Waals surface area (Å²) >= 11 is 0. The van der Waals surface area contributed by atoms with E-state index < -0.39 is 15.9 Å². The zero-order valence-corrected chi connectivity index (χ0v) is 20.1. The van der Waals surface area contributed by atoms with Gasteiger partial charge in [0, 0.05) is 12.6 Å². The minimum absolute atomic E-state index is 0.0601. The van der Waals surface area contributed by atoms with E-state index in [1.807, 2.05) is 24.3 Å². The third-order valence-corrected chi connectivity index (χ3v) is 7.34. The molecule has 0 radical (unpaired) electrons. The van der Waals surface area contributed by atoms with E-state index in [1.54, 1.807) is 24.3 Å². The van der Waals surface area contributed by atoms with Crippen molar-refractivity contribution in [3.63, 3.8) is 0 Å². The van der Waals surface area contributed by atoms with Crippen molar-refractivity contribution in [1.29, 1.82) is 0 Å². The number of amides is 1. The third-order valence-electron chi connectivity index (χ3n) is 5.54. The Morgan fingerprint density at radius 3 is 2.42 bits per heavy atom. The molecule has 11 heteroatoms. The molecule has 0 fully saturated rings. The average molecular weight is 507 g/mol. The van der Waals surface area contributed by atoms with E-state index in [1.165, 1.54) is 35.6 Å². The molecule has 1 aliphatic heterocycles. The second-order valence-corrected chi connectivity index (χ2v) is 9.91. The van der Waals surface area contributed by atoms with Gasteiger partial charge in [0.15, 0.2) is 11.5 Å². The summed E-state index contributed by atoms with van der Waals surface area (Å²) in [4.78, 5) is 12.7. The van der Waals surface area contributed by atoms with Gasteiger partial charge in [0.2, 0.25) is 5.89 Å². The summed E-state index contributed by atoms with van der Waals surface area (Å²) in [5.74, 6) is 1.15. The highest BCUT2D eigenvalue weighted by Crippen LogP contribution is 2.31. The fourth-order valence-electron chi connectivity index (χ4n) is 3.63. The van der Waals surface area contributed by atoms with Crippen molar-refractivity contribution in [2.75, 3.05) is 29.9 Å². The Morgan fingerprint density at radius 1 is 0.944 bits per heavy atom. The number of hydrogen-bond donors (Lipinski definition) is 1. The van der Waals surface area contributed by atoms with E-state index in [2.05, 4.69) is 15.5 Å². The first-order valence-corrected chi connectivity index (χ1v) is 12.5. The molecule has 10 nitrogen and oxygen atoms in total. The minimum atomic E-state index is -3.78. The number of hydrogen-bond acceptors (Lipinski definition) is 8. The zero-order valence-electron chi connectivity index (χ0n) is 19.2. The monoisotopic (exact) mass is 506 g/mol. The number of carbonyl (C=O) groups excluding carboxylic acids is 1. The Kier molecular flexibility index (Phi) is 6.30. The molecular weight excluding hydrogens is 484 g/mol. The average Bonchev–Trinajstić information content (AvgIpc) is 3.35. The van der Waals surface area contributed by atoms with Crippen molar-refractivity contribution >= 4 is 27.6 Å². The molecule has 184 valence electrons. The van der Waals surface area contributed by atoms with Crippen LogP contribution in [0.5, 0.6) is 11.5 Å². The van der Waals surface area contributed by atoms with Crippen LogP contribution in [0, 0.1) is 0 Å². The van der Waals surface area contributed by atoms with Crippen LogP contribution in [0.1, 0.15) is 21.8 Å². The Bertz CT molecular complexity index is 1490. The minimum Gasteiger partial charge on any atom is -0.486 e. The van der Waals surface area contributed by atoms with Gasteiger partial charge in [0.05, 0.1) is 17.0 Å². The molecule has 0 spiro atoms. The van der Waals surface area contributed by atoms with Gasteiger partial charge in [-0.05, 0) is 54.1 Å². The lowest BCUT2D eigenvalue weighted by molar-refractivity contribution is 0.102. The molecule has 3 aromatic carbocycles. The van der Waals surface area contributed by atoms with Gasteiger partial charge >= 0.3 is 6.01 Å². The van der Waals surface area contributed by atoms with Gasteiger partial charge in [-0.3, -0.25) is 14.4 Å². The van der Waals surface area contributed by atoms with E-state index in [4.69, 9.17) is 13.9 Å². The first-order chi connectivity index (χ1) is 17.4. The molecule has 1 amide bonds. The van der Waals surface area contributed by atoms with Gasteiger partial charge in [0.1, 0.15) is 13.2 Å². The Morgan fingerprint density at radius 2 is 1.67 bits per heavy atom. The summed E-state index contributed by atoms with van der Waals surface area (Å²) in [7, 11) is -2.31. The van der Waals surface area contributed by atoms with Crippen LogP contribution in [0.2, 0.25) is 0 Å². The number of anilines is 2. The Labute approximate surface area is 207 Å². The van der Waals surface area contributed by atoms with Crippen LogP contribution in [0.25, 0.3) is 0 Å². The number of aromatic nitrogens is 2. The molecule has 1 aromatic heterocycles. The number of ether oxygens (including phenoxy) is 2. The van der Waals surface area contributed by atoms with Crippen LogP contribution in [0.3, 0.4) is 0 Å². The number of nitrogens with zero attached hydrogens (tertiary/aromatic N) is 3. The largest absolute Gasteiger partial charge is 0.486 e. The smallest absolute Gasteiger partial charge is 0.322 e. The molecule has 4 aromatic rings. The molecule has 0 atom stereocenters.